The molecule has 1 aromatic rings. The van der Waals surface area contributed by atoms with Gasteiger partial charge in [-0.2, -0.15) is 0 Å². The maximum atomic E-state index is 13.6. The van der Waals surface area contributed by atoms with E-state index in [1.807, 2.05) is 6.07 Å². The summed E-state index contributed by atoms with van der Waals surface area (Å²) in [5.41, 5.74) is 7.39. The van der Waals surface area contributed by atoms with E-state index in [1.54, 1.807) is 6.07 Å². The van der Waals surface area contributed by atoms with Gasteiger partial charge in [-0.05, 0) is 55.4 Å². The number of ether oxygens (including phenoxy) is 1. The molecule has 3 rings (SSSR count). The van der Waals surface area contributed by atoms with Crippen molar-refractivity contribution in [1.29, 1.82) is 0 Å². The predicted molar refractivity (Wildman–Crippen MR) is 85.5 cm³/mol. The van der Waals surface area contributed by atoms with E-state index >= 15 is 0 Å². The molecule has 0 radical (unpaired) electrons. The largest absolute Gasteiger partial charge is 0.375 e. The second-order valence-corrected chi connectivity index (χ2v) is 7.49. The van der Waals surface area contributed by atoms with Crippen LogP contribution in [0.2, 0.25) is 0 Å². The minimum atomic E-state index is -0.228. The fraction of sp³-hybridized carbons (Fsp3) is 0.647. The first kappa shape index (κ1) is 15.4. The van der Waals surface area contributed by atoms with Crippen LogP contribution in [0.5, 0.6) is 0 Å². The molecular weight excluding hydrogens is 333 g/mol. The first-order valence-corrected chi connectivity index (χ1v) is 8.73. The highest BCUT2D eigenvalue weighted by Gasteiger charge is 2.40. The molecule has 4 heteroatoms. The van der Waals surface area contributed by atoms with Crippen molar-refractivity contribution < 1.29 is 9.13 Å². The zero-order chi connectivity index (χ0) is 14.9. The Hall–Kier alpha value is -0.450. The van der Waals surface area contributed by atoms with E-state index < -0.39 is 0 Å². The van der Waals surface area contributed by atoms with Crippen molar-refractivity contribution in [3.05, 3.63) is 34.1 Å². The summed E-state index contributed by atoms with van der Waals surface area (Å²) in [5.74, 6) is 0.153. The average Bonchev–Trinajstić information content (AvgIpc) is 2.46. The van der Waals surface area contributed by atoms with Crippen molar-refractivity contribution in [2.24, 2.45) is 11.7 Å². The molecule has 2 unspecified atom stereocenters. The van der Waals surface area contributed by atoms with Gasteiger partial charge in [0.05, 0.1) is 5.60 Å². The Bertz CT molecular complexity index is 476. The van der Waals surface area contributed by atoms with Crippen LogP contribution in [0, 0.1) is 11.7 Å². The zero-order valence-electron chi connectivity index (χ0n) is 12.3. The Balaban J connectivity index is 1.76. The summed E-state index contributed by atoms with van der Waals surface area (Å²) in [7, 11) is 0. The summed E-state index contributed by atoms with van der Waals surface area (Å²) in [6.07, 6.45) is 8.13. The van der Waals surface area contributed by atoms with Gasteiger partial charge in [0.15, 0.2) is 0 Å². The van der Waals surface area contributed by atoms with Gasteiger partial charge in [0.1, 0.15) is 5.82 Å². The molecule has 2 aliphatic rings. The lowest BCUT2D eigenvalue weighted by molar-refractivity contribution is -0.120. The normalized spacial score (nSPS) is 26.7. The molecule has 0 amide bonds. The van der Waals surface area contributed by atoms with E-state index in [1.165, 1.54) is 25.3 Å². The summed E-state index contributed by atoms with van der Waals surface area (Å²) in [5, 5.41) is 0. The first-order valence-electron chi connectivity index (χ1n) is 7.94. The van der Waals surface area contributed by atoms with Crippen molar-refractivity contribution in [3.63, 3.8) is 0 Å². The van der Waals surface area contributed by atoms with Crippen LogP contribution >= 0.6 is 15.9 Å². The standard InChI is InChI=1S/C17H23BrFNO/c18-14-8-13(9-15(19)10-14)16(20)12-4-7-21-17(11-12)5-2-1-3-6-17/h8-10,12,16H,1-7,11,20H2. The van der Waals surface area contributed by atoms with Crippen LogP contribution in [-0.4, -0.2) is 12.2 Å². The molecule has 2 N–H and O–H groups in total. The van der Waals surface area contributed by atoms with Gasteiger partial charge < -0.3 is 10.5 Å². The first-order chi connectivity index (χ1) is 10.1. The summed E-state index contributed by atoms with van der Waals surface area (Å²) in [6, 6.07) is 4.87. The highest BCUT2D eigenvalue weighted by molar-refractivity contribution is 9.10. The van der Waals surface area contributed by atoms with Gasteiger partial charge in [-0.15, -0.1) is 0 Å². The minimum absolute atomic E-state index is 0.0450. The number of halogens is 2. The van der Waals surface area contributed by atoms with Crippen molar-refractivity contribution in [2.45, 2.75) is 56.6 Å². The van der Waals surface area contributed by atoms with E-state index in [-0.39, 0.29) is 17.5 Å². The van der Waals surface area contributed by atoms with Gasteiger partial charge >= 0.3 is 0 Å². The third-order valence-corrected chi connectivity index (χ3v) is 5.53. The fourth-order valence-electron chi connectivity index (χ4n) is 3.96. The van der Waals surface area contributed by atoms with Crippen LogP contribution < -0.4 is 5.73 Å². The summed E-state index contributed by atoms with van der Waals surface area (Å²) in [6.45, 7) is 0.787. The molecule has 1 spiro atoms. The van der Waals surface area contributed by atoms with Crippen LogP contribution in [-0.2, 0) is 4.74 Å². The molecule has 0 aromatic heterocycles. The van der Waals surface area contributed by atoms with Crippen LogP contribution in [0.4, 0.5) is 4.39 Å². The van der Waals surface area contributed by atoms with Crippen molar-refractivity contribution >= 4 is 15.9 Å². The van der Waals surface area contributed by atoms with Crippen molar-refractivity contribution in [1.82, 2.24) is 0 Å². The Morgan fingerprint density at radius 3 is 2.71 bits per heavy atom. The maximum absolute atomic E-state index is 13.6. The Morgan fingerprint density at radius 2 is 2.00 bits per heavy atom. The Morgan fingerprint density at radius 1 is 1.24 bits per heavy atom. The second kappa shape index (κ2) is 6.35. The van der Waals surface area contributed by atoms with Gasteiger partial charge in [0.2, 0.25) is 0 Å². The lowest BCUT2D eigenvalue weighted by Crippen LogP contribution is -2.44. The highest BCUT2D eigenvalue weighted by atomic mass is 79.9. The summed E-state index contributed by atoms with van der Waals surface area (Å²) < 4.78 is 20.5. The molecule has 1 aromatic carbocycles. The van der Waals surface area contributed by atoms with Gasteiger partial charge in [0, 0.05) is 17.1 Å². The monoisotopic (exact) mass is 355 g/mol. The molecule has 1 saturated carbocycles. The smallest absolute Gasteiger partial charge is 0.124 e. The summed E-state index contributed by atoms with van der Waals surface area (Å²) >= 11 is 3.36. The molecule has 1 aliphatic carbocycles. The molecule has 21 heavy (non-hydrogen) atoms. The molecule has 1 saturated heterocycles. The quantitative estimate of drug-likeness (QED) is 0.832. The van der Waals surface area contributed by atoms with Crippen molar-refractivity contribution in [3.8, 4) is 0 Å². The van der Waals surface area contributed by atoms with Gasteiger partial charge in [-0.3, -0.25) is 0 Å². The van der Waals surface area contributed by atoms with Gasteiger partial charge in [-0.25, -0.2) is 4.39 Å². The van der Waals surface area contributed by atoms with Gasteiger partial charge in [-0.1, -0.05) is 35.2 Å². The minimum Gasteiger partial charge on any atom is -0.375 e. The molecule has 2 nitrogen and oxygen atoms in total. The molecule has 1 heterocycles. The molecular formula is C17H23BrFNO. The average molecular weight is 356 g/mol. The van der Waals surface area contributed by atoms with Crippen LogP contribution in [0.25, 0.3) is 0 Å². The molecule has 116 valence electrons. The number of nitrogens with two attached hydrogens (primary N) is 1. The van der Waals surface area contributed by atoms with Gasteiger partial charge in [0.25, 0.3) is 0 Å². The highest BCUT2D eigenvalue weighted by Crippen LogP contribution is 2.43. The topological polar surface area (TPSA) is 35.2 Å². The predicted octanol–water partition coefficient (Wildman–Crippen LogP) is 4.72. The van der Waals surface area contributed by atoms with E-state index in [9.17, 15) is 4.39 Å². The Kier molecular flexibility index (Phi) is 4.67. The summed E-state index contributed by atoms with van der Waals surface area (Å²) in [4.78, 5) is 0. The van der Waals surface area contributed by atoms with E-state index in [0.29, 0.717) is 5.92 Å². The number of hydrogen-bond donors (Lipinski definition) is 1. The molecule has 1 aliphatic heterocycles. The van der Waals surface area contributed by atoms with Crippen molar-refractivity contribution in [2.75, 3.05) is 6.61 Å². The lowest BCUT2D eigenvalue weighted by Gasteiger charge is -2.45. The SMILES string of the molecule is NC(c1cc(F)cc(Br)c1)C1CCOC2(CCCCC2)C1. The van der Waals surface area contributed by atoms with E-state index in [2.05, 4.69) is 15.9 Å². The number of rotatable bonds is 2. The zero-order valence-corrected chi connectivity index (χ0v) is 13.9. The van der Waals surface area contributed by atoms with Crippen LogP contribution in [0.3, 0.4) is 0 Å². The third-order valence-electron chi connectivity index (χ3n) is 5.07. The lowest BCUT2D eigenvalue weighted by atomic mass is 9.73. The maximum Gasteiger partial charge on any atom is 0.124 e. The van der Waals surface area contributed by atoms with E-state index in [0.717, 1.165) is 42.3 Å². The Labute approximate surface area is 134 Å². The fourth-order valence-corrected chi connectivity index (χ4v) is 4.44. The van der Waals surface area contributed by atoms with Crippen LogP contribution in [0.1, 0.15) is 56.6 Å². The third kappa shape index (κ3) is 3.49. The van der Waals surface area contributed by atoms with E-state index in [4.69, 9.17) is 10.5 Å². The molecule has 2 fully saturated rings. The second-order valence-electron chi connectivity index (χ2n) is 6.57. The van der Waals surface area contributed by atoms with Crippen LogP contribution in [0.15, 0.2) is 22.7 Å². The number of hydrogen-bond acceptors (Lipinski definition) is 2. The molecule has 0 bridgehead atoms. The molecule has 2 atom stereocenters. The number of benzene rings is 1.